The molecule has 0 aliphatic heterocycles. The molecule has 0 saturated carbocycles. The lowest BCUT2D eigenvalue weighted by molar-refractivity contribution is 0.0690. The van der Waals surface area contributed by atoms with Gasteiger partial charge >= 0.3 is 5.97 Å². The molecule has 0 radical (unpaired) electrons. The molecule has 6 nitrogen and oxygen atoms in total. The molecule has 94 valence electrons. The standard InChI is InChI=1S/C11H17N3O3/c1-8(7-15)3-2-4-12-10-6-13-9(5-14-10)11(16)17/h5-6,8,15H,2-4,7H2,1H3,(H,12,14)(H,16,17). The van der Waals surface area contributed by atoms with E-state index in [2.05, 4.69) is 15.3 Å². The normalized spacial score (nSPS) is 12.1. The number of carboxylic acid groups (broad SMARTS) is 1. The Bertz CT molecular complexity index is 353. The van der Waals surface area contributed by atoms with Gasteiger partial charge < -0.3 is 15.5 Å². The molecule has 1 unspecified atom stereocenters. The first-order chi connectivity index (χ1) is 8.13. The fourth-order valence-electron chi connectivity index (χ4n) is 1.29. The predicted octanol–water partition coefficient (Wildman–Crippen LogP) is 0.995. The molecule has 0 saturated heterocycles. The molecule has 0 bridgehead atoms. The van der Waals surface area contributed by atoms with Gasteiger partial charge in [-0.1, -0.05) is 6.92 Å². The molecular formula is C11H17N3O3. The smallest absolute Gasteiger partial charge is 0.356 e. The summed E-state index contributed by atoms with van der Waals surface area (Å²) < 4.78 is 0. The first-order valence-electron chi connectivity index (χ1n) is 5.53. The molecule has 1 heterocycles. The summed E-state index contributed by atoms with van der Waals surface area (Å²) in [6, 6.07) is 0. The maximum atomic E-state index is 10.5. The minimum absolute atomic E-state index is 0.0653. The molecule has 0 spiro atoms. The lowest BCUT2D eigenvalue weighted by Gasteiger charge is -2.08. The van der Waals surface area contributed by atoms with Crippen molar-refractivity contribution in [3.63, 3.8) is 0 Å². The van der Waals surface area contributed by atoms with Crippen LogP contribution in [0.5, 0.6) is 0 Å². The molecule has 1 aromatic heterocycles. The van der Waals surface area contributed by atoms with Crippen LogP contribution in [0.25, 0.3) is 0 Å². The van der Waals surface area contributed by atoms with E-state index in [-0.39, 0.29) is 12.3 Å². The van der Waals surface area contributed by atoms with Crippen molar-refractivity contribution < 1.29 is 15.0 Å². The number of carboxylic acids is 1. The molecule has 0 aliphatic carbocycles. The Morgan fingerprint density at radius 1 is 1.47 bits per heavy atom. The SMILES string of the molecule is CC(CO)CCCNc1cnc(C(=O)O)cn1. The van der Waals surface area contributed by atoms with Crippen LogP contribution >= 0.6 is 0 Å². The van der Waals surface area contributed by atoms with Gasteiger partial charge in [0.25, 0.3) is 0 Å². The molecule has 0 aromatic carbocycles. The summed E-state index contributed by atoms with van der Waals surface area (Å²) in [5, 5.41) is 20.5. The minimum Gasteiger partial charge on any atom is -0.476 e. The van der Waals surface area contributed by atoms with Gasteiger partial charge in [-0.05, 0) is 18.8 Å². The van der Waals surface area contributed by atoms with Crippen LogP contribution in [0.4, 0.5) is 5.82 Å². The van der Waals surface area contributed by atoms with Gasteiger partial charge in [0, 0.05) is 13.2 Å². The largest absolute Gasteiger partial charge is 0.476 e. The van der Waals surface area contributed by atoms with E-state index in [0.717, 1.165) is 19.4 Å². The summed E-state index contributed by atoms with van der Waals surface area (Å²) in [5.41, 5.74) is -0.0653. The van der Waals surface area contributed by atoms with Crippen molar-refractivity contribution in [3.05, 3.63) is 18.1 Å². The molecule has 1 atom stereocenters. The van der Waals surface area contributed by atoms with E-state index in [0.29, 0.717) is 11.7 Å². The number of hydrogen-bond acceptors (Lipinski definition) is 5. The monoisotopic (exact) mass is 239 g/mol. The van der Waals surface area contributed by atoms with Crippen LogP contribution in [0.1, 0.15) is 30.3 Å². The van der Waals surface area contributed by atoms with E-state index < -0.39 is 5.97 Å². The third-order valence-corrected chi connectivity index (χ3v) is 2.36. The molecular weight excluding hydrogens is 222 g/mol. The van der Waals surface area contributed by atoms with E-state index in [1.165, 1.54) is 12.4 Å². The highest BCUT2D eigenvalue weighted by atomic mass is 16.4. The van der Waals surface area contributed by atoms with E-state index >= 15 is 0 Å². The van der Waals surface area contributed by atoms with E-state index in [1.54, 1.807) is 0 Å². The summed E-state index contributed by atoms with van der Waals surface area (Å²) in [6.07, 6.45) is 4.48. The van der Waals surface area contributed by atoms with Crippen LogP contribution in [0.15, 0.2) is 12.4 Å². The van der Waals surface area contributed by atoms with Crippen molar-refractivity contribution in [1.29, 1.82) is 0 Å². The van der Waals surface area contributed by atoms with E-state index in [1.807, 2.05) is 6.92 Å². The van der Waals surface area contributed by atoms with Crippen LogP contribution in [0.2, 0.25) is 0 Å². The lowest BCUT2D eigenvalue weighted by atomic mass is 10.1. The van der Waals surface area contributed by atoms with Gasteiger partial charge in [0.15, 0.2) is 5.69 Å². The van der Waals surface area contributed by atoms with Gasteiger partial charge in [-0.2, -0.15) is 0 Å². The number of aliphatic hydroxyl groups excluding tert-OH is 1. The highest BCUT2D eigenvalue weighted by molar-refractivity contribution is 5.84. The summed E-state index contributed by atoms with van der Waals surface area (Å²) in [5.74, 6) is -0.218. The van der Waals surface area contributed by atoms with Crippen LogP contribution in [-0.4, -0.2) is 39.3 Å². The van der Waals surface area contributed by atoms with Gasteiger partial charge in [-0.15, -0.1) is 0 Å². The number of aromatic carboxylic acids is 1. The number of nitrogens with zero attached hydrogens (tertiary/aromatic N) is 2. The van der Waals surface area contributed by atoms with Crippen LogP contribution in [-0.2, 0) is 0 Å². The number of anilines is 1. The molecule has 1 aromatic rings. The van der Waals surface area contributed by atoms with Gasteiger partial charge in [0.2, 0.25) is 0 Å². The maximum absolute atomic E-state index is 10.5. The van der Waals surface area contributed by atoms with Crippen molar-refractivity contribution in [2.75, 3.05) is 18.5 Å². The second-order valence-corrected chi connectivity index (χ2v) is 3.95. The third kappa shape index (κ3) is 4.78. The fourth-order valence-corrected chi connectivity index (χ4v) is 1.29. The highest BCUT2D eigenvalue weighted by Crippen LogP contribution is 2.05. The van der Waals surface area contributed by atoms with Gasteiger partial charge in [0.1, 0.15) is 5.82 Å². The molecule has 3 N–H and O–H groups in total. The Kier molecular flexibility index (Phi) is 5.35. The summed E-state index contributed by atoms with van der Waals surface area (Å²) in [4.78, 5) is 18.2. The number of aliphatic hydroxyl groups is 1. The number of rotatable bonds is 7. The topological polar surface area (TPSA) is 95.3 Å². The van der Waals surface area contributed by atoms with Gasteiger partial charge in [-0.3, -0.25) is 0 Å². The molecule has 0 fully saturated rings. The lowest BCUT2D eigenvalue weighted by Crippen LogP contribution is -2.08. The Labute approximate surface area is 99.7 Å². The zero-order valence-electron chi connectivity index (χ0n) is 9.76. The number of hydrogen-bond donors (Lipinski definition) is 3. The Morgan fingerprint density at radius 3 is 2.76 bits per heavy atom. The second kappa shape index (κ2) is 6.80. The van der Waals surface area contributed by atoms with Crippen LogP contribution in [0.3, 0.4) is 0 Å². The van der Waals surface area contributed by atoms with Gasteiger partial charge in [-0.25, -0.2) is 14.8 Å². The van der Waals surface area contributed by atoms with Crippen LogP contribution in [0, 0.1) is 5.92 Å². The van der Waals surface area contributed by atoms with Crippen molar-refractivity contribution in [2.24, 2.45) is 5.92 Å². The Balaban J connectivity index is 2.30. The fraction of sp³-hybridized carbons (Fsp3) is 0.545. The number of nitrogens with one attached hydrogen (secondary N) is 1. The Morgan fingerprint density at radius 2 is 2.24 bits per heavy atom. The molecule has 0 aliphatic rings. The third-order valence-electron chi connectivity index (χ3n) is 2.36. The first-order valence-corrected chi connectivity index (χ1v) is 5.53. The maximum Gasteiger partial charge on any atom is 0.356 e. The van der Waals surface area contributed by atoms with E-state index in [4.69, 9.17) is 10.2 Å². The van der Waals surface area contributed by atoms with Crippen LogP contribution < -0.4 is 5.32 Å². The van der Waals surface area contributed by atoms with Crippen molar-refractivity contribution in [2.45, 2.75) is 19.8 Å². The van der Waals surface area contributed by atoms with E-state index in [9.17, 15) is 4.79 Å². The van der Waals surface area contributed by atoms with Gasteiger partial charge in [0.05, 0.1) is 12.4 Å². The quantitative estimate of drug-likeness (QED) is 0.614. The predicted molar refractivity (Wildman–Crippen MR) is 63.0 cm³/mol. The van der Waals surface area contributed by atoms with Crippen molar-refractivity contribution in [1.82, 2.24) is 9.97 Å². The summed E-state index contributed by atoms with van der Waals surface area (Å²) >= 11 is 0. The zero-order valence-corrected chi connectivity index (χ0v) is 9.76. The summed E-state index contributed by atoms with van der Waals surface area (Å²) in [6.45, 7) is 2.92. The minimum atomic E-state index is -1.08. The van der Waals surface area contributed by atoms with Crippen molar-refractivity contribution in [3.8, 4) is 0 Å². The number of aromatic nitrogens is 2. The highest BCUT2D eigenvalue weighted by Gasteiger charge is 2.04. The molecule has 17 heavy (non-hydrogen) atoms. The zero-order chi connectivity index (χ0) is 12.7. The summed E-state index contributed by atoms with van der Waals surface area (Å²) in [7, 11) is 0. The number of carbonyl (C=O) groups is 1. The average molecular weight is 239 g/mol. The molecule has 1 rings (SSSR count). The second-order valence-electron chi connectivity index (χ2n) is 3.95. The Hall–Kier alpha value is -1.69. The molecule has 6 heteroatoms. The average Bonchev–Trinajstić information content (AvgIpc) is 2.34. The molecule has 0 amide bonds. The first kappa shape index (κ1) is 13.4. The van der Waals surface area contributed by atoms with Crippen molar-refractivity contribution >= 4 is 11.8 Å².